The fourth-order valence-corrected chi connectivity index (χ4v) is 1.17. The van der Waals surface area contributed by atoms with Crippen molar-refractivity contribution in [3.8, 4) is 11.5 Å². The van der Waals surface area contributed by atoms with Gasteiger partial charge in [0.05, 0.1) is 11.5 Å². The zero-order valence-electron chi connectivity index (χ0n) is 9.08. The normalized spacial score (nSPS) is 9.94. The molecule has 92 valence electrons. The molecule has 0 atom stereocenters. The van der Waals surface area contributed by atoms with E-state index in [1.807, 2.05) is 0 Å². The summed E-state index contributed by atoms with van der Waals surface area (Å²) in [5.41, 5.74) is -0.510. The summed E-state index contributed by atoms with van der Waals surface area (Å²) in [6, 6.07) is 2.20. The molecule has 0 aliphatic carbocycles. The minimum atomic E-state index is -0.786. The number of nitrogens with zero attached hydrogens (tertiary/aromatic N) is 1. The maximum Gasteiger partial charge on any atom is 0.315 e. The van der Waals surface area contributed by atoms with Crippen molar-refractivity contribution in [2.45, 2.75) is 0 Å². The van der Waals surface area contributed by atoms with Crippen LogP contribution in [0.2, 0.25) is 0 Å². The van der Waals surface area contributed by atoms with E-state index < -0.39 is 16.4 Å². The van der Waals surface area contributed by atoms with Crippen molar-refractivity contribution in [2.75, 3.05) is 20.3 Å². The molecular weight excluding hydrogens is 230 g/mol. The highest BCUT2D eigenvalue weighted by Gasteiger charge is 2.20. The minimum Gasteiger partial charge on any atom is -0.500 e. The summed E-state index contributed by atoms with van der Waals surface area (Å²) in [6.07, 6.45) is 0.440. The first-order valence-corrected chi connectivity index (χ1v) is 4.68. The molecule has 0 aliphatic heterocycles. The van der Waals surface area contributed by atoms with Crippen LogP contribution in [0.3, 0.4) is 0 Å². The Morgan fingerprint density at radius 3 is 2.71 bits per heavy atom. The molecule has 0 aromatic heterocycles. The van der Waals surface area contributed by atoms with Gasteiger partial charge in [-0.05, 0) is 6.07 Å². The lowest BCUT2D eigenvalue weighted by molar-refractivity contribution is -0.386. The van der Waals surface area contributed by atoms with Crippen molar-refractivity contribution in [1.29, 1.82) is 0 Å². The van der Waals surface area contributed by atoms with Gasteiger partial charge in [0.15, 0.2) is 5.75 Å². The van der Waals surface area contributed by atoms with Gasteiger partial charge in [-0.25, -0.2) is 0 Å². The topological polar surface area (TPSA) is 98.9 Å². The van der Waals surface area contributed by atoms with E-state index in [-0.39, 0.29) is 24.5 Å². The van der Waals surface area contributed by atoms with Gasteiger partial charge < -0.3 is 14.6 Å². The second kappa shape index (κ2) is 5.80. The van der Waals surface area contributed by atoms with Gasteiger partial charge in [-0.1, -0.05) is 0 Å². The van der Waals surface area contributed by atoms with E-state index in [4.69, 9.17) is 9.47 Å². The number of aromatic hydroxyl groups is 1. The van der Waals surface area contributed by atoms with Crippen LogP contribution in [0.1, 0.15) is 10.4 Å². The Bertz CT molecular complexity index is 431. The molecule has 1 N–H and O–H groups in total. The van der Waals surface area contributed by atoms with E-state index in [0.29, 0.717) is 6.29 Å². The number of hydrogen-bond acceptors (Lipinski definition) is 6. The highest BCUT2D eigenvalue weighted by molar-refractivity contribution is 5.79. The van der Waals surface area contributed by atoms with Crippen LogP contribution < -0.4 is 4.74 Å². The monoisotopic (exact) mass is 241 g/mol. The zero-order valence-corrected chi connectivity index (χ0v) is 9.08. The average Bonchev–Trinajstić information content (AvgIpc) is 2.31. The number of nitro groups is 1. The van der Waals surface area contributed by atoms with E-state index in [9.17, 15) is 20.0 Å². The lowest BCUT2D eigenvalue weighted by Crippen LogP contribution is -2.05. The molecule has 7 nitrogen and oxygen atoms in total. The van der Waals surface area contributed by atoms with Crippen molar-refractivity contribution >= 4 is 12.0 Å². The lowest BCUT2D eigenvalue weighted by atomic mass is 10.2. The van der Waals surface area contributed by atoms with Crippen molar-refractivity contribution < 1.29 is 24.3 Å². The molecule has 0 unspecified atom stereocenters. The number of ether oxygens (including phenoxy) is 2. The summed E-state index contributed by atoms with van der Waals surface area (Å²) < 4.78 is 9.80. The van der Waals surface area contributed by atoms with Crippen molar-refractivity contribution in [3.05, 3.63) is 27.8 Å². The molecule has 0 saturated heterocycles. The zero-order chi connectivity index (χ0) is 12.8. The van der Waals surface area contributed by atoms with Crippen LogP contribution in [0.5, 0.6) is 11.5 Å². The van der Waals surface area contributed by atoms with Gasteiger partial charge in [0.2, 0.25) is 5.75 Å². The summed E-state index contributed by atoms with van der Waals surface area (Å²) in [4.78, 5) is 20.4. The highest BCUT2D eigenvalue weighted by Crippen LogP contribution is 2.36. The summed E-state index contributed by atoms with van der Waals surface area (Å²) in [6.45, 7) is 0.377. The van der Waals surface area contributed by atoms with Crippen molar-refractivity contribution in [2.24, 2.45) is 0 Å². The first-order chi connectivity index (χ1) is 8.10. The van der Waals surface area contributed by atoms with E-state index in [1.54, 1.807) is 0 Å². The molecule has 0 saturated carbocycles. The number of benzene rings is 1. The smallest absolute Gasteiger partial charge is 0.315 e. The molecule has 1 rings (SSSR count). The quantitative estimate of drug-likeness (QED) is 0.347. The van der Waals surface area contributed by atoms with Gasteiger partial charge in [0, 0.05) is 18.7 Å². The average molecular weight is 241 g/mol. The number of phenols is 1. The van der Waals surface area contributed by atoms with Crippen LogP contribution in [0.25, 0.3) is 0 Å². The first kappa shape index (κ1) is 12.9. The Hall–Kier alpha value is -2.15. The Labute approximate surface area is 96.7 Å². The van der Waals surface area contributed by atoms with E-state index >= 15 is 0 Å². The number of rotatable bonds is 6. The number of carbonyl (C=O) groups is 1. The van der Waals surface area contributed by atoms with Gasteiger partial charge >= 0.3 is 5.69 Å². The fourth-order valence-electron chi connectivity index (χ4n) is 1.17. The third-order valence-corrected chi connectivity index (χ3v) is 1.95. The van der Waals surface area contributed by atoms with E-state index in [1.165, 1.54) is 13.2 Å². The largest absolute Gasteiger partial charge is 0.500 e. The predicted octanol–water partition coefficient (Wildman–Crippen LogP) is 1.14. The molecule has 0 fully saturated rings. The third kappa shape index (κ3) is 3.15. The molecule has 0 radical (unpaired) electrons. The van der Waals surface area contributed by atoms with Crippen molar-refractivity contribution in [1.82, 2.24) is 0 Å². The van der Waals surface area contributed by atoms with Crippen LogP contribution in [-0.2, 0) is 4.74 Å². The van der Waals surface area contributed by atoms with Gasteiger partial charge in [-0.3, -0.25) is 14.9 Å². The van der Waals surface area contributed by atoms with Crippen LogP contribution in [-0.4, -0.2) is 36.6 Å². The summed E-state index contributed by atoms with van der Waals surface area (Å²) in [5, 5.41) is 20.2. The minimum absolute atomic E-state index is 0.0573. The molecular formula is C10H11NO6. The maximum atomic E-state index is 10.6. The summed E-state index contributed by atoms with van der Waals surface area (Å²) in [5.74, 6) is -0.713. The number of methoxy groups -OCH3 is 1. The van der Waals surface area contributed by atoms with Crippen LogP contribution in [0.4, 0.5) is 5.69 Å². The molecule has 0 aliphatic rings. The summed E-state index contributed by atoms with van der Waals surface area (Å²) in [7, 11) is 1.47. The molecule has 7 heteroatoms. The fraction of sp³-hybridized carbons (Fsp3) is 0.300. The molecule has 0 spiro atoms. The second-order valence-corrected chi connectivity index (χ2v) is 3.10. The number of aldehydes is 1. The van der Waals surface area contributed by atoms with E-state index in [0.717, 1.165) is 6.07 Å². The number of nitro benzene ring substituents is 1. The maximum absolute atomic E-state index is 10.6. The van der Waals surface area contributed by atoms with Gasteiger partial charge in [-0.15, -0.1) is 0 Å². The molecule has 0 amide bonds. The third-order valence-electron chi connectivity index (χ3n) is 1.95. The Balaban J connectivity index is 3.06. The Kier molecular flexibility index (Phi) is 4.41. The predicted molar refractivity (Wildman–Crippen MR) is 57.5 cm³/mol. The van der Waals surface area contributed by atoms with Crippen molar-refractivity contribution in [3.63, 3.8) is 0 Å². The molecule has 0 heterocycles. The Morgan fingerprint density at radius 1 is 1.47 bits per heavy atom. The van der Waals surface area contributed by atoms with Crippen LogP contribution in [0, 0.1) is 10.1 Å². The lowest BCUT2D eigenvalue weighted by Gasteiger charge is -2.08. The van der Waals surface area contributed by atoms with Crippen LogP contribution in [0.15, 0.2) is 12.1 Å². The number of hydrogen-bond donors (Lipinski definition) is 1. The number of carbonyl (C=O) groups excluding carboxylic acids is 1. The van der Waals surface area contributed by atoms with Gasteiger partial charge in [-0.2, -0.15) is 0 Å². The SMILES string of the molecule is COCCOc1cc(C=O)cc([N+](=O)[O-])c1O. The molecule has 1 aromatic rings. The standard InChI is InChI=1S/C10H11NO6/c1-16-2-3-17-9-5-7(6-12)4-8(10(9)13)11(14)15/h4-6,13H,2-3H2,1H3. The first-order valence-electron chi connectivity index (χ1n) is 4.68. The molecule has 0 bridgehead atoms. The van der Waals surface area contributed by atoms with Gasteiger partial charge in [0.1, 0.15) is 12.9 Å². The number of phenolic OH excluding ortho intramolecular Hbond substituents is 1. The molecule has 1 aromatic carbocycles. The second-order valence-electron chi connectivity index (χ2n) is 3.10. The Morgan fingerprint density at radius 2 is 2.18 bits per heavy atom. The van der Waals surface area contributed by atoms with Crippen LogP contribution >= 0.6 is 0 Å². The summed E-state index contributed by atoms with van der Waals surface area (Å²) >= 11 is 0. The highest BCUT2D eigenvalue weighted by atomic mass is 16.6. The van der Waals surface area contributed by atoms with E-state index in [2.05, 4.69) is 0 Å². The van der Waals surface area contributed by atoms with Gasteiger partial charge in [0.25, 0.3) is 0 Å². The molecule has 17 heavy (non-hydrogen) atoms.